The summed E-state index contributed by atoms with van der Waals surface area (Å²) in [5.74, 6) is -0.0526. The lowest BCUT2D eigenvalue weighted by atomic mass is 9.59. The first-order chi connectivity index (χ1) is 15.7. The number of rotatable bonds is 6. The van der Waals surface area contributed by atoms with E-state index < -0.39 is 11.4 Å². The molecular weight excluding hydrogens is 432 g/mol. The topological polar surface area (TPSA) is 107 Å². The summed E-state index contributed by atoms with van der Waals surface area (Å²) in [5.41, 5.74) is -0.852. The maximum absolute atomic E-state index is 11.8. The summed E-state index contributed by atoms with van der Waals surface area (Å²) in [6.45, 7) is 13.1. The molecule has 6 heteroatoms. The van der Waals surface area contributed by atoms with Gasteiger partial charge in [-0.1, -0.05) is 34.6 Å². The number of aromatic hydroxyl groups is 3. The van der Waals surface area contributed by atoms with Crippen LogP contribution in [-0.2, 0) is 0 Å². The van der Waals surface area contributed by atoms with Gasteiger partial charge in [0.05, 0.1) is 12.7 Å². The second-order valence-electron chi connectivity index (χ2n) is 12.7. The van der Waals surface area contributed by atoms with Crippen molar-refractivity contribution in [3.05, 3.63) is 11.1 Å². The van der Waals surface area contributed by atoms with Crippen molar-refractivity contribution in [2.24, 2.45) is 40.4 Å². The van der Waals surface area contributed by atoms with Gasteiger partial charge in [-0.2, -0.15) is 0 Å². The van der Waals surface area contributed by atoms with E-state index in [4.69, 9.17) is 4.74 Å². The molecule has 1 aromatic carbocycles. The van der Waals surface area contributed by atoms with Crippen molar-refractivity contribution >= 4 is 6.29 Å². The second-order valence-corrected chi connectivity index (χ2v) is 12.7. The lowest BCUT2D eigenvalue weighted by Gasteiger charge is -2.45. The van der Waals surface area contributed by atoms with Crippen LogP contribution in [0.1, 0.15) is 95.5 Å². The molecule has 34 heavy (non-hydrogen) atoms. The Labute approximate surface area is 203 Å². The van der Waals surface area contributed by atoms with E-state index in [1.807, 2.05) is 6.92 Å². The van der Waals surface area contributed by atoms with Gasteiger partial charge in [0.15, 0.2) is 17.8 Å². The van der Waals surface area contributed by atoms with Crippen LogP contribution in [0, 0.1) is 40.4 Å². The first-order valence-electron chi connectivity index (χ1n) is 12.8. The molecule has 0 radical (unpaired) electrons. The summed E-state index contributed by atoms with van der Waals surface area (Å²) < 4.78 is 5.28. The number of aldehydes is 1. The van der Waals surface area contributed by atoms with Gasteiger partial charge < -0.3 is 25.2 Å². The molecule has 0 bridgehead atoms. The molecule has 4 N–H and O–H groups in total. The standard InChI is InChI=1S/C28H42O6/c1-14(2)12-18(19-22(30)15(13-29)23(31)25(34-7)24(19)32)27(5)10-8-17-21(27)20-16(26(20,3)4)9-11-28(17,6)33/h13-14,16-18,20-21,30-33H,8-12H2,1-7H3/t16-,17-,18-,20-,21-,27-,28-/m1/s1. The summed E-state index contributed by atoms with van der Waals surface area (Å²) in [6, 6.07) is 0. The lowest BCUT2D eigenvalue weighted by Crippen LogP contribution is -2.42. The Morgan fingerprint density at radius 1 is 0.971 bits per heavy atom. The summed E-state index contributed by atoms with van der Waals surface area (Å²) in [4.78, 5) is 11.8. The van der Waals surface area contributed by atoms with Crippen LogP contribution in [0.25, 0.3) is 0 Å². The molecule has 0 aliphatic heterocycles. The fraction of sp³-hybridized carbons (Fsp3) is 0.750. The van der Waals surface area contributed by atoms with Gasteiger partial charge in [0.2, 0.25) is 5.75 Å². The minimum absolute atomic E-state index is 0.137. The lowest BCUT2D eigenvalue weighted by molar-refractivity contribution is -0.0441. The van der Waals surface area contributed by atoms with Crippen molar-refractivity contribution in [3.8, 4) is 23.0 Å². The van der Waals surface area contributed by atoms with Crippen molar-refractivity contribution in [1.82, 2.24) is 0 Å². The highest BCUT2D eigenvalue weighted by Gasteiger charge is 2.70. The maximum Gasteiger partial charge on any atom is 0.204 e. The number of ether oxygens (including phenoxy) is 1. The fourth-order valence-corrected chi connectivity index (χ4v) is 8.27. The zero-order valence-corrected chi connectivity index (χ0v) is 21.7. The number of methoxy groups -OCH3 is 1. The highest BCUT2D eigenvalue weighted by molar-refractivity contribution is 5.88. The summed E-state index contributed by atoms with van der Waals surface area (Å²) in [5, 5.41) is 44.4. The minimum Gasteiger partial charge on any atom is -0.507 e. The molecule has 3 saturated carbocycles. The molecule has 1 aromatic rings. The Morgan fingerprint density at radius 3 is 2.15 bits per heavy atom. The average molecular weight is 475 g/mol. The number of hydrogen-bond acceptors (Lipinski definition) is 6. The molecule has 7 atom stereocenters. The summed E-state index contributed by atoms with van der Waals surface area (Å²) in [7, 11) is 1.33. The molecule has 0 spiro atoms. The van der Waals surface area contributed by atoms with Crippen LogP contribution in [-0.4, -0.2) is 39.4 Å². The van der Waals surface area contributed by atoms with Gasteiger partial charge in [0.25, 0.3) is 0 Å². The van der Waals surface area contributed by atoms with Crippen molar-refractivity contribution < 1.29 is 30.0 Å². The van der Waals surface area contributed by atoms with E-state index in [1.165, 1.54) is 7.11 Å². The van der Waals surface area contributed by atoms with Crippen LogP contribution < -0.4 is 4.74 Å². The Bertz CT molecular complexity index is 980. The molecule has 190 valence electrons. The molecule has 4 rings (SSSR count). The van der Waals surface area contributed by atoms with Crippen LogP contribution in [0.4, 0.5) is 0 Å². The number of carbonyl (C=O) groups excluding carboxylic acids is 1. The van der Waals surface area contributed by atoms with E-state index in [9.17, 15) is 25.2 Å². The monoisotopic (exact) mass is 474 g/mol. The van der Waals surface area contributed by atoms with E-state index in [0.29, 0.717) is 24.5 Å². The number of hydrogen-bond donors (Lipinski definition) is 4. The van der Waals surface area contributed by atoms with E-state index in [-0.39, 0.29) is 62.9 Å². The van der Waals surface area contributed by atoms with E-state index >= 15 is 0 Å². The predicted octanol–water partition coefficient (Wildman–Crippen LogP) is 5.60. The molecule has 3 fully saturated rings. The Balaban J connectivity index is 1.93. The molecule has 0 unspecified atom stereocenters. The zero-order chi connectivity index (χ0) is 25.4. The highest BCUT2D eigenvalue weighted by Crippen LogP contribution is 2.76. The smallest absolute Gasteiger partial charge is 0.204 e. The molecule has 0 amide bonds. The predicted molar refractivity (Wildman–Crippen MR) is 131 cm³/mol. The Hall–Kier alpha value is -1.95. The molecule has 0 aromatic heterocycles. The number of aliphatic hydroxyl groups is 1. The quantitative estimate of drug-likeness (QED) is 0.400. The highest BCUT2D eigenvalue weighted by atomic mass is 16.5. The fourth-order valence-electron chi connectivity index (χ4n) is 8.27. The minimum atomic E-state index is -0.751. The molecular formula is C28H42O6. The Kier molecular flexibility index (Phi) is 5.95. The normalized spacial score (nSPS) is 37.0. The molecule has 3 aliphatic rings. The van der Waals surface area contributed by atoms with Gasteiger partial charge in [0, 0.05) is 5.56 Å². The maximum atomic E-state index is 11.8. The zero-order valence-electron chi connectivity index (χ0n) is 21.7. The number of fused-ring (bicyclic) bond motifs is 3. The largest absolute Gasteiger partial charge is 0.507 e. The van der Waals surface area contributed by atoms with E-state index in [1.54, 1.807) is 0 Å². The number of phenols is 3. The molecule has 0 saturated heterocycles. The van der Waals surface area contributed by atoms with Crippen LogP contribution in [0.15, 0.2) is 0 Å². The molecule has 3 aliphatic carbocycles. The SMILES string of the molecule is COc1c(O)c(C=O)c(O)c([C@@H](CC(C)C)[C@@]2(C)CC[C@@H]3[C@@H]2[C@H]2[C@@H](CC[C@@]3(C)O)C2(C)C)c1O. The van der Waals surface area contributed by atoms with Crippen LogP contribution >= 0.6 is 0 Å². The number of benzene rings is 1. The van der Waals surface area contributed by atoms with Gasteiger partial charge >= 0.3 is 0 Å². The van der Waals surface area contributed by atoms with Crippen LogP contribution in [0.5, 0.6) is 23.0 Å². The van der Waals surface area contributed by atoms with Crippen molar-refractivity contribution in [1.29, 1.82) is 0 Å². The second kappa shape index (κ2) is 8.04. The third-order valence-corrected chi connectivity index (χ3v) is 10.1. The van der Waals surface area contributed by atoms with Gasteiger partial charge in [0.1, 0.15) is 11.3 Å². The third kappa shape index (κ3) is 3.42. The van der Waals surface area contributed by atoms with Gasteiger partial charge in [-0.3, -0.25) is 4.79 Å². The first kappa shape index (κ1) is 25.2. The van der Waals surface area contributed by atoms with E-state index in [2.05, 4.69) is 34.6 Å². The number of carbonyl (C=O) groups is 1. The van der Waals surface area contributed by atoms with Crippen molar-refractivity contribution in [2.45, 2.75) is 85.2 Å². The molecule has 6 nitrogen and oxygen atoms in total. The first-order valence-corrected chi connectivity index (χ1v) is 12.8. The average Bonchev–Trinajstić information content (AvgIpc) is 3.13. The van der Waals surface area contributed by atoms with Crippen LogP contribution in [0.3, 0.4) is 0 Å². The third-order valence-electron chi connectivity index (χ3n) is 10.1. The summed E-state index contributed by atoms with van der Waals surface area (Å²) in [6.07, 6.45) is 4.66. The van der Waals surface area contributed by atoms with Gasteiger partial charge in [-0.25, -0.2) is 0 Å². The van der Waals surface area contributed by atoms with E-state index in [0.717, 1.165) is 25.7 Å². The van der Waals surface area contributed by atoms with Crippen molar-refractivity contribution in [3.63, 3.8) is 0 Å². The van der Waals surface area contributed by atoms with Crippen LogP contribution in [0.2, 0.25) is 0 Å². The van der Waals surface area contributed by atoms with Gasteiger partial charge in [-0.05, 0) is 85.4 Å². The molecule has 0 heterocycles. The number of phenolic OH excluding ortho intramolecular Hbond substituents is 3. The summed E-state index contributed by atoms with van der Waals surface area (Å²) >= 11 is 0. The van der Waals surface area contributed by atoms with Crippen molar-refractivity contribution in [2.75, 3.05) is 7.11 Å². The van der Waals surface area contributed by atoms with Gasteiger partial charge in [-0.15, -0.1) is 0 Å². The Morgan fingerprint density at radius 2 is 1.59 bits per heavy atom.